The van der Waals surface area contributed by atoms with Crippen LogP contribution in [0, 0.1) is 0 Å². The molecule has 1 heterocycles. The van der Waals surface area contributed by atoms with Crippen molar-refractivity contribution in [2.45, 2.75) is 12.5 Å². The lowest BCUT2D eigenvalue weighted by Crippen LogP contribution is -2.31. The number of benzene rings is 3. The van der Waals surface area contributed by atoms with Gasteiger partial charge in [0.1, 0.15) is 17.2 Å². The van der Waals surface area contributed by atoms with E-state index in [1.54, 1.807) is 31.4 Å². The van der Waals surface area contributed by atoms with E-state index in [9.17, 15) is 5.11 Å². The number of rotatable bonds is 5. The Kier molecular flexibility index (Phi) is 6.04. The zero-order valence-corrected chi connectivity index (χ0v) is 18.1. The monoisotopic (exact) mass is 433 g/mol. The van der Waals surface area contributed by atoms with Gasteiger partial charge >= 0.3 is 0 Å². The molecular formula is C24H23N3O3S. The molecular weight excluding hydrogens is 410 g/mol. The molecule has 0 aromatic heterocycles. The molecule has 0 unspecified atom stereocenters. The number of aromatic hydroxyl groups is 1. The molecule has 0 amide bonds. The molecule has 0 spiro atoms. The summed E-state index contributed by atoms with van der Waals surface area (Å²) in [5, 5.41) is 20.8. The van der Waals surface area contributed by atoms with Crippen molar-refractivity contribution in [3.63, 3.8) is 0 Å². The Morgan fingerprint density at radius 2 is 1.77 bits per heavy atom. The highest BCUT2D eigenvalue weighted by Crippen LogP contribution is 2.39. The number of nitrogens with one attached hydrogen (secondary N) is 1. The van der Waals surface area contributed by atoms with Crippen LogP contribution in [-0.2, 0) is 0 Å². The van der Waals surface area contributed by atoms with Gasteiger partial charge in [0, 0.05) is 29.3 Å². The molecule has 0 fully saturated rings. The first-order valence-corrected chi connectivity index (χ1v) is 10.2. The lowest BCUT2D eigenvalue weighted by atomic mass is 9.97. The Hall–Kier alpha value is -3.58. The van der Waals surface area contributed by atoms with E-state index in [-0.39, 0.29) is 11.8 Å². The molecule has 3 aromatic carbocycles. The molecule has 2 N–H and O–H groups in total. The summed E-state index contributed by atoms with van der Waals surface area (Å²) in [6.07, 6.45) is 0.552. The third kappa shape index (κ3) is 4.32. The Morgan fingerprint density at radius 1 is 1.03 bits per heavy atom. The quantitative estimate of drug-likeness (QED) is 0.555. The van der Waals surface area contributed by atoms with Gasteiger partial charge in [-0.2, -0.15) is 5.10 Å². The fraction of sp³-hybridized carbons (Fsp3) is 0.167. The average Bonchev–Trinajstić information content (AvgIpc) is 3.24. The van der Waals surface area contributed by atoms with E-state index in [4.69, 9.17) is 26.8 Å². The third-order valence-corrected chi connectivity index (χ3v) is 5.45. The molecule has 0 saturated heterocycles. The van der Waals surface area contributed by atoms with Gasteiger partial charge < -0.3 is 19.9 Å². The molecule has 158 valence electrons. The molecule has 3 aromatic rings. The van der Waals surface area contributed by atoms with Gasteiger partial charge in [0.05, 0.1) is 26.0 Å². The molecule has 7 heteroatoms. The summed E-state index contributed by atoms with van der Waals surface area (Å²) in [6, 6.07) is 22.3. The largest absolute Gasteiger partial charge is 0.508 e. The number of hydrogen-bond acceptors (Lipinski definition) is 5. The average molecular weight is 434 g/mol. The Morgan fingerprint density at radius 3 is 2.48 bits per heavy atom. The maximum Gasteiger partial charge on any atom is 0.194 e. The van der Waals surface area contributed by atoms with E-state index in [2.05, 4.69) is 5.32 Å². The number of para-hydroxylation sites is 2. The number of phenols is 1. The van der Waals surface area contributed by atoms with Gasteiger partial charge in [0.25, 0.3) is 0 Å². The fourth-order valence-electron chi connectivity index (χ4n) is 3.61. The predicted molar refractivity (Wildman–Crippen MR) is 126 cm³/mol. The van der Waals surface area contributed by atoms with Crippen LogP contribution in [0.2, 0.25) is 0 Å². The number of ether oxygens (including phenoxy) is 2. The molecule has 1 aliphatic heterocycles. The second-order valence-corrected chi connectivity index (χ2v) is 7.42. The summed E-state index contributed by atoms with van der Waals surface area (Å²) in [6.45, 7) is 0. The van der Waals surface area contributed by atoms with E-state index in [0.717, 1.165) is 22.5 Å². The summed E-state index contributed by atoms with van der Waals surface area (Å²) in [5.74, 6) is 1.57. The van der Waals surface area contributed by atoms with Crippen LogP contribution in [0.3, 0.4) is 0 Å². The van der Waals surface area contributed by atoms with Gasteiger partial charge in [-0.05, 0) is 42.5 Å². The molecule has 6 nitrogen and oxygen atoms in total. The van der Waals surface area contributed by atoms with Crippen molar-refractivity contribution in [1.29, 1.82) is 0 Å². The van der Waals surface area contributed by atoms with Crippen LogP contribution >= 0.6 is 12.2 Å². The first-order valence-electron chi connectivity index (χ1n) is 9.83. The number of nitrogens with zero attached hydrogens (tertiary/aromatic N) is 2. The molecule has 0 radical (unpaired) electrons. The Labute approximate surface area is 186 Å². The topological polar surface area (TPSA) is 66.3 Å². The van der Waals surface area contributed by atoms with Gasteiger partial charge in [-0.3, -0.25) is 0 Å². The van der Waals surface area contributed by atoms with Crippen molar-refractivity contribution in [3.05, 3.63) is 83.9 Å². The van der Waals surface area contributed by atoms with Crippen LogP contribution in [0.5, 0.6) is 17.2 Å². The number of phenolic OH excluding ortho intramolecular Hbond substituents is 1. The first-order chi connectivity index (χ1) is 15.1. The van der Waals surface area contributed by atoms with E-state index in [1.807, 2.05) is 60.7 Å². The number of thiocarbonyl (C=S) groups is 1. The number of hydrazone groups is 1. The van der Waals surface area contributed by atoms with Crippen LogP contribution in [0.4, 0.5) is 5.69 Å². The van der Waals surface area contributed by atoms with Crippen molar-refractivity contribution in [1.82, 2.24) is 5.01 Å². The maximum atomic E-state index is 10.5. The zero-order chi connectivity index (χ0) is 21.8. The Balaban J connectivity index is 1.72. The van der Waals surface area contributed by atoms with Gasteiger partial charge in [0.15, 0.2) is 5.11 Å². The van der Waals surface area contributed by atoms with Crippen LogP contribution < -0.4 is 14.8 Å². The fourth-order valence-corrected chi connectivity index (χ4v) is 3.90. The second kappa shape index (κ2) is 9.06. The smallest absolute Gasteiger partial charge is 0.194 e. The molecule has 4 rings (SSSR count). The van der Waals surface area contributed by atoms with E-state index in [1.165, 1.54) is 0 Å². The van der Waals surface area contributed by atoms with Crippen LogP contribution in [0.25, 0.3) is 0 Å². The molecule has 0 aliphatic carbocycles. The number of anilines is 1. The molecule has 31 heavy (non-hydrogen) atoms. The maximum absolute atomic E-state index is 10.5. The summed E-state index contributed by atoms with van der Waals surface area (Å²) in [5.41, 5.74) is 3.29. The minimum atomic E-state index is -0.258. The Bertz CT molecular complexity index is 1120. The lowest BCUT2D eigenvalue weighted by Gasteiger charge is -2.25. The third-order valence-electron chi connectivity index (χ3n) is 5.16. The van der Waals surface area contributed by atoms with Crippen LogP contribution in [0.1, 0.15) is 23.6 Å². The molecule has 1 aliphatic rings. The highest BCUT2D eigenvalue weighted by Gasteiger charge is 2.34. The summed E-state index contributed by atoms with van der Waals surface area (Å²) in [7, 11) is 3.23. The summed E-state index contributed by atoms with van der Waals surface area (Å²) in [4.78, 5) is 0. The van der Waals surface area contributed by atoms with Crippen molar-refractivity contribution in [3.8, 4) is 17.2 Å². The van der Waals surface area contributed by atoms with Gasteiger partial charge in [-0.1, -0.05) is 36.4 Å². The minimum Gasteiger partial charge on any atom is -0.508 e. The van der Waals surface area contributed by atoms with Crippen molar-refractivity contribution < 1.29 is 14.6 Å². The standard InChI is InChI=1S/C24H23N3O3S/c1-29-17-12-13-18(23(14-17)30-2)20-15-21(19-10-6-7-11-22(19)28)27(26-20)24(31)25-16-8-4-3-5-9-16/h3-14,21,28H,15H2,1-2H3,(H,25,31)/t21-/m0/s1. The first kappa shape index (κ1) is 20.7. The van der Waals surface area contributed by atoms with E-state index < -0.39 is 0 Å². The minimum absolute atomic E-state index is 0.207. The van der Waals surface area contributed by atoms with Crippen molar-refractivity contribution in [2.75, 3.05) is 19.5 Å². The van der Waals surface area contributed by atoms with E-state index in [0.29, 0.717) is 23.0 Å². The van der Waals surface area contributed by atoms with Crippen molar-refractivity contribution >= 4 is 28.7 Å². The second-order valence-electron chi connectivity index (χ2n) is 7.03. The number of methoxy groups -OCH3 is 2. The van der Waals surface area contributed by atoms with Crippen LogP contribution in [-0.4, -0.2) is 35.2 Å². The molecule has 0 saturated carbocycles. The SMILES string of the molecule is COc1ccc(C2=NN(C(=S)Nc3ccccc3)[C@H](c3ccccc3O)C2)c(OC)c1. The van der Waals surface area contributed by atoms with E-state index >= 15 is 0 Å². The van der Waals surface area contributed by atoms with Gasteiger partial charge in [-0.25, -0.2) is 5.01 Å². The van der Waals surface area contributed by atoms with Crippen LogP contribution in [0.15, 0.2) is 77.9 Å². The zero-order valence-electron chi connectivity index (χ0n) is 17.3. The summed E-state index contributed by atoms with van der Waals surface area (Å²) >= 11 is 5.69. The number of hydrogen-bond donors (Lipinski definition) is 2. The predicted octanol–water partition coefficient (Wildman–Crippen LogP) is 4.96. The highest BCUT2D eigenvalue weighted by molar-refractivity contribution is 7.80. The lowest BCUT2D eigenvalue weighted by molar-refractivity contribution is 0.359. The van der Waals surface area contributed by atoms with Crippen molar-refractivity contribution in [2.24, 2.45) is 5.10 Å². The molecule has 1 atom stereocenters. The highest BCUT2D eigenvalue weighted by atomic mass is 32.1. The normalized spacial score (nSPS) is 15.4. The van der Waals surface area contributed by atoms with Gasteiger partial charge in [0.2, 0.25) is 0 Å². The van der Waals surface area contributed by atoms with Gasteiger partial charge in [-0.15, -0.1) is 0 Å². The summed E-state index contributed by atoms with van der Waals surface area (Å²) < 4.78 is 10.9. The molecule has 0 bridgehead atoms.